The second-order valence-corrected chi connectivity index (χ2v) is 4.27. The minimum atomic E-state index is 0. The highest BCUT2D eigenvalue weighted by molar-refractivity contribution is 5.85. The van der Waals surface area contributed by atoms with Crippen LogP contribution in [0.1, 0.15) is 38.5 Å². The van der Waals surface area contributed by atoms with Gasteiger partial charge in [0.05, 0.1) is 0 Å². The van der Waals surface area contributed by atoms with Gasteiger partial charge in [-0.3, -0.25) is 0 Å². The Balaban J connectivity index is 0.000000845. The Morgan fingerprint density at radius 3 is 2.14 bits per heavy atom. The molecule has 2 aliphatic heterocycles. The van der Waals surface area contributed by atoms with Crippen LogP contribution < -0.4 is 10.6 Å². The zero-order valence-corrected chi connectivity index (χ0v) is 10.3. The van der Waals surface area contributed by atoms with Gasteiger partial charge in [-0.15, -0.1) is 24.8 Å². The van der Waals surface area contributed by atoms with E-state index in [1.165, 1.54) is 58.2 Å². The van der Waals surface area contributed by atoms with Gasteiger partial charge >= 0.3 is 0 Å². The summed E-state index contributed by atoms with van der Waals surface area (Å²) in [6, 6.07) is 0. The Morgan fingerprint density at radius 1 is 0.714 bits per heavy atom. The fraction of sp³-hybridized carbons (Fsp3) is 1.00. The van der Waals surface area contributed by atoms with E-state index in [1.54, 1.807) is 0 Å². The number of halogens is 2. The molecule has 0 aliphatic carbocycles. The van der Waals surface area contributed by atoms with Crippen LogP contribution in [0.5, 0.6) is 0 Å². The predicted molar refractivity (Wildman–Crippen MR) is 65.8 cm³/mol. The van der Waals surface area contributed by atoms with E-state index in [0.717, 1.165) is 0 Å². The molecule has 2 N–H and O–H groups in total. The zero-order valence-electron chi connectivity index (χ0n) is 8.68. The van der Waals surface area contributed by atoms with Crippen LogP contribution >= 0.6 is 24.8 Å². The van der Waals surface area contributed by atoms with Crippen molar-refractivity contribution in [3.63, 3.8) is 0 Å². The maximum atomic E-state index is 3.76. The van der Waals surface area contributed by atoms with Crippen LogP contribution in [-0.4, -0.2) is 25.2 Å². The third-order valence-corrected chi connectivity index (χ3v) is 3.39. The van der Waals surface area contributed by atoms with Crippen molar-refractivity contribution in [2.45, 2.75) is 44.1 Å². The van der Waals surface area contributed by atoms with E-state index >= 15 is 0 Å². The van der Waals surface area contributed by atoms with E-state index in [4.69, 9.17) is 0 Å². The van der Waals surface area contributed by atoms with Crippen molar-refractivity contribution < 1.29 is 0 Å². The summed E-state index contributed by atoms with van der Waals surface area (Å²) in [5, 5.41) is 7.19. The molecule has 2 fully saturated rings. The van der Waals surface area contributed by atoms with Crippen LogP contribution in [0.3, 0.4) is 0 Å². The molecule has 2 rings (SSSR count). The van der Waals surface area contributed by atoms with Crippen molar-refractivity contribution in [1.82, 2.24) is 10.6 Å². The molecule has 0 amide bonds. The molecule has 2 heterocycles. The second kappa shape index (κ2) is 6.89. The Labute approximate surface area is 99.4 Å². The smallest absolute Gasteiger partial charge is 0.0205 e. The molecule has 0 aromatic carbocycles. The van der Waals surface area contributed by atoms with Crippen LogP contribution in [0.4, 0.5) is 0 Å². The molecule has 86 valence electrons. The standard InChI is InChI=1S/C10H20N2.2ClH/c1-2-4-10(12-7-3-1)5-8-11-9-6-10;;/h11-12H,1-9H2;2*1H. The molecule has 0 aromatic rings. The number of hydrogen-bond acceptors (Lipinski definition) is 2. The van der Waals surface area contributed by atoms with Gasteiger partial charge in [-0.1, -0.05) is 12.8 Å². The van der Waals surface area contributed by atoms with Gasteiger partial charge in [0.15, 0.2) is 0 Å². The van der Waals surface area contributed by atoms with E-state index in [1.807, 2.05) is 0 Å². The minimum Gasteiger partial charge on any atom is -0.317 e. The molecule has 0 unspecified atom stereocenters. The normalized spacial score (nSPS) is 25.7. The number of nitrogens with one attached hydrogen (secondary N) is 2. The minimum absolute atomic E-state index is 0. The fourth-order valence-electron chi connectivity index (χ4n) is 2.54. The maximum Gasteiger partial charge on any atom is 0.0205 e. The summed E-state index contributed by atoms with van der Waals surface area (Å²) < 4.78 is 0. The van der Waals surface area contributed by atoms with Crippen molar-refractivity contribution in [2.75, 3.05) is 19.6 Å². The molecule has 0 aromatic heterocycles. The first-order valence-corrected chi connectivity index (χ1v) is 5.37. The maximum absolute atomic E-state index is 3.76. The number of piperidine rings is 1. The highest BCUT2D eigenvalue weighted by Crippen LogP contribution is 2.27. The summed E-state index contributed by atoms with van der Waals surface area (Å²) in [4.78, 5) is 0. The first kappa shape index (κ1) is 14.5. The monoisotopic (exact) mass is 240 g/mol. The van der Waals surface area contributed by atoms with Crippen molar-refractivity contribution >= 4 is 24.8 Å². The van der Waals surface area contributed by atoms with Crippen LogP contribution in [0.25, 0.3) is 0 Å². The first-order valence-electron chi connectivity index (χ1n) is 5.37. The van der Waals surface area contributed by atoms with E-state index in [-0.39, 0.29) is 24.8 Å². The average Bonchev–Trinajstić information content (AvgIpc) is 2.33. The van der Waals surface area contributed by atoms with E-state index in [0.29, 0.717) is 5.54 Å². The van der Waals surface area contributed by atoms with Crippen LogP contribution in [0.2, 0.25) is 0 Å². The molecule has 4 heteroatoms. The van der Waals surface area contributed by atoms with E-state index in [9.17, 15) is 0 Å². The lowest BCUT2D eigenvalue weighted by Crippen LogP contribution is -2.51. The third kappa shape index (κ3) is 3.58. The highest BCUT2D eigenvalue weighted by atomic mass is 35.5. The van der Waals surface area contributed by atoms with Gasteiger partial charge in [-0.05, 0) is 45.3 Å². The molecule has 0 atom stereocenters. The lowest BCUT2D eigenvalue weighted by molar-refractivity contribution is 0.237. The predicted octanol–water partition coefficient (Wildman–Crippen LogP) is 2.12. The Hall–Kier alpha value is 0.500. The summed E-state index contributed by atoms with van der Waals surface area (Å²) in [5.41, 5.74) is 0.530. The van der Waals surface area contributed by atoms with Crippen molar-refractivity contribution in [3.05, 3.63) is 0 Å². The van der Waals surface area contributed by atoms with Crippen LogP contribution in [-0.2, 0) is 0 Å². The topological polar surface area (TPSA) is 24.1 Å². The SMILES string of the molecule is C1CCNC2(CC1)CCNCC2.Cl.Cl. The van der Waals surface area contributed by atoms with Gasteiger partial charge in [0.1, 0.15) is 0 Å². The largest absolute Gasteiger partial charge is 0.317 e. The van der Waals surface area contributed by atoms with Gasteiger partial charge < -0.3 is 10.6 Å². The molecule has 2 nitrogen and oxygen atoms in total. The Kier molecular flexibility index (Phi) is 7.13. The van der Waals surface area contributed by atoms with Crippen molar-refractivity contribution in [2.24, 2.45) is 0 Å². The fourth-order valence-corrected chi connectivity index (χ4v) is 2.54. The lowest BCUT2D eigenvalue weighted by atomic mass is 9.84. The molecule has 0 bridgehead atoms. The molecule has 14 heavy (non-hydrogen) atoms. The van der Waals surface area contributed by atoms with Crippen molar-refractivity contribution in [3.8, 4) is 0 Å². The van der Waals surface area contributed by atoms with Crippen molar-refractivity contribution in [1.29, 1.82) is 0 Å². The lowest BCUT2D eigenvalue weighted by Gasteiger charge is -2.37. The van der Waals surface area contributed by atoms with Gasteiger partial charge in [0.2, 0.25) is 0 Å². The van der Waals surface area contributed by atoms with Gasteiger partial charge in [-0.2, -0.15) is 0 Å². The van der Waals surface area contributed by atoms with Gasteiger partial charge in [-0.25, -0.2) is 0 Å². The molecule has 2 aliphatic rings. The highest BCUT2D eigenvalue weighted by Gasteiger charge is 2.31. The Bertz CT molecular complexity index is 137. The Morgan fingerprint density at radius 2 is 1.43 bits per heavy atom. The molecule has 0 radical (unpaired) electrons. The number of hydrogen-bond donors (Lipinski definition) is 2. The summed E-state index contributed by atoms with van der Waals surface area (Å²) in [5.74, 6) is 0. The van der Waals surface area contributed by atoms with Gasteiger partial charge in [0, 0.05) is 5.54 Å². The molecular weight excluding hydrogens is 219 g/mol. The summed E-state index contributed by atoms with van der Waals surface area (Å²) in [6.07, 6.45) is 8.35. The molecule has 1 spiro atoms. The summed E-state index contributed by atoms with van der Waals surface area (Å²) >= 11 is 0. The van der Waals surface area contributed by atoms with E-state index in [2.05, 4.69) is 10.6 Å². The summed E-state index contributed by atoms with van der Waals surface area (Å²) in [7, 11) is 0. The summed E-state index contributed by atoms with van der Waals surface area (Å²) in [6.45, 7) is 3.68. The van der Waals surface area contributed by atoms with E-state index < -0.39 is 0 Å². The first-order chi connectivity index (χ1) is 5.91. The second-order valence-electron chi connectivity index (χ2n) is 4.27. The van der Waals surface area contributed by atoms with Crippen LogP contribution in [0, 0.1) is 0 Å². The van der Waals surface area contributed by atoms with Crippen LogP contribution in [0.15, 0.2) is 0 Å². The molecule has 2 saturated heterocycles. The average molecular weight is 241 g/mol. The molecule has 0 saturated carbocycles. The third-order valence-electron chi connectivity index (χ3n) is 3.39. The van der Waals surface area contributed by atoms with Gasteiger partial charge in [0.25, 0.3) is 0 Å². The molecular formula is C10H22Cl2N2. The zero-order chi connectivity index (χ0) is 8.28. The quantitative estimate of drug-likeness (QED) is 0.678. The number of rotatable bonds is 0.